The molecule has 0 aliphatic carbocycles. The molecule has 0 amide bonds. The number of phenols is 1. The summed E-state index contributed by atoms with van der Waals surface area (Å²) in [6.07, 6.45) is 2.75. The summed E-state index contributed by atoms with van der Waals surface area (Å²) in [7, 11) is 1.52. The Kier molecular flexibility index (Phi) is 8.10. The topological polar surface area (TPSA) is 88.3 Å². The Bertz CT molecular complexity index is 1000. The molecule has 0 fully saturated rings. The van der Waals surface area contributed by atoms with Gasteiger partial charge in [-0.3, -0.25) is 0 Å². The zero-order valence-electron chi connectivity index (χ0n) is 14.7. The van der Waals surface area contributed by atoms with Crippen LogP contribution in [0.1, 0.15) is 11.1 Å². The van der Waals surface area contributed by atoms with Gasteiger partial charge in [-0.2, -0.15) is 5.26 Å². The number of benzene rings is 2. The van der Waals surface area contributed by atoms with Crippen molar-refractivity contribution >= 4 is 28.2 Å². The first kappa shape index (κ1) is 21.0. The molecule has 1 aromatic heterocycles. The molecule has 0 atom stereocenters. The van der Waals surface area contributed by atoms with Gasteiger partial charge in [-0.25, -0.2) is 9.97 Å². The molecule has 28 heavy (non-hydrogen) atoms. The average Bonchev–Trinajstić information content (AvgIpc) is 2.69. The van der Waals surface area contributed by atoms with E-state index in [0.717, 1.165) is 0 Å². The highest BCUT2D eigenvalue weighted by molar-refractivity contribution is 6.48. The van der Waals surface area contributed by atoms with Crippen LogP contribution in [-0.4, -0.2) is 22.2 Å². The Balaban J connectivity index is 0.000000261. The molecule has 6 nitrogen and oxygen atoms in total. The van der Waals surface area contributed by atoms with Crippen molar-refractivity contribution < 1.29 is 14.6 Å². The van der Waals surface area contributed by atoms with E-state index >= 15 is 0 Å². The van der Waals surface area contributed by atoms with Gasteiger partial charge >= 0.3 is 0 Å². The Morgan fingerprint density at radius 1 is 1.14 bits per heavy atom. The zero-order chi connectivity index (χ0) is 20.4. The first-order chi connectivity index (χ1) is 13.5. The quantitative estimate of drug-likeness (QED) is 0.455. The van der Waals surface area contributed by atoms with Gasteiger partial charge in [0, 0.05) is 11.6 Å². The van der Waals surface area contributed by atoms with Crippen LogP contribution in [0.4, 0.5) is 0 Å². The lowest BCUT2D eigenvalue weighted by molar-refractivity contribution is 0.340. The molecule has 1 N–H and O–H groups in total. The highest BCUT2D eigenvalue weighted by Gasteiger charge is 2.09. The lowest BCUT2D eigenvalue weighted by Gasteiger charge is -2.09. The largest absolute Gasteiger partial charge is 0.507 e. The SMILES string of the molecule is CO/C=C(/Cl)c1ccccc1Oc1cc(Cl)ncn1.N#Cc1ccccc1O. The van der Waals surface area contributed by atoms with E-state index in [0.29, 0.717) is 32.9 Å². The monoisotopic (exact) mass is 415 g/mol. The van der Waals surface area contributed by atoms with Crippen LogP contribution in [0.25, 0.3) is 5.03 Å². The van der Waals surface area contributed by atoms with Gasteiger partial charge in [0.15, 0.2) is 0 Å². The van der Waals surface area contributed by atoms with Crippen LogP contribution in [0.3, 0.4) is 0 Å². The van der Waals surface area contributed by atoms with E-state index in [2.05, 4.69) is 9.97 Å². The second-order valence-electron chi connectivity index (χ2n) is 5.11. The van der Waals surface area contributed by atoms with E-state index in [1.165, 1.54) is 31.8 Å². The summed E-state index contributed by atoms with van der Waals surface area (Å²) < 4.78 is 10.5. The number of para-hydroxylation sites is 2. The molecule has 3 rings (SSSR count). The van der Waals surface area contributed by atoms with E-state index in [4.69, 9.17) is 43.0 Å². The fourth-order valence-corrected chi connectivity index (χ4v) is 2.36. The van der Waals surface area contributed by atoms with Crippen LogP contribution in [-0.2, 0) is 4.74 Å². The third-order valence-corrected chi connectivity index (χ3v) is 3.71. The number of phenolic OH excluding ortho intramolecular Hbond substituents is 1. The summed E-state index contributed by atoms with van der Waals surface area (Å²) in [4.78, 5) is 7.76. The fraction of sp³-hybridized carbons (Fsp3) is 0.0500. The molecular weight excluding hydrogens is 401 g/mol. The minimum Gasteiger partial charge on any atom is -0.507 e. The van der Waals surface area contributed by atoms with Gasteiger partial charge in [-0.05, 0) is 24.3 Å². The molecule has 3 aromatic rings. The maximum atomic E-state index is 8.89. The first-order valence-electron chi connectivity index (χ1n) is 7.86. The van der Waals surface area contributed by atoms with Crippen LogP contribution < -0.4 is 4.74 Å². The van der Waals surface area contributed by atoms with Crippen molar-refractivity contribution in [3.8, 4) is 23.4 Å². The molecule has 8 heteroatoms. The average molecular weight is 416 g/mol. The molecule has 1 heterocycles. The summed E-state index contributed by atoms with van der Waals surface area (Å²) in [6.45, 7) is 0. The predicted octanol–water partition coefficient (Wildman–Crippen LogP) is 5.37. The van der Waals surface area contributed by atoms with Gasteiger partial charge in [-0.15, -0.1) is 0 Å². The van der Waals surface area contributed by atoms with E-state index in [1.54, 1.807) is 24.3 Å². The van der Waals surface area contributed by atoms with E-state index in [1.807, 2.05) is 24.3 Å². The van der Waals surface area contributed by atoms with Crippen molar-refractivity contribution in [1.82, 2.24) is 9.97 Å². The molecule has 0 aliphatic heterocycles. The van der Waals surface area contributed by atoms with Gasteiger partial charge in [0.2, 0.25) is 5.88 Å². The molecular formula is C20H15Cl2N3O3. The van der Waals surface area contributed by atoms with Crippen molar-refractivity contribution in [2.75, 3.05) is 7.11 Å². The van der Waals surface area contributed by atoms with Crippen molar-refractivity contribution in [2.24, 2.45) is 0 Å². The number of nitrogens with zero attached hydrogens (tertiary/aromatic N) is 3. The minimum absolute atomic E-state index is 0.0417. The molecule has 142 valence electrons. The van der Waals surface area contributed by atoms with Crippen LogP contribution in [0.15, 0.2) is 67.2 Å². The zero-order valence-corrected chi connectivity index (χ0v) is 16.2. The maximum Gasteiger partial charge on any atom is 0.223 e. The molecule has 0 aliphatic rings. The first-order valence-corrected chi connectivity index (χ1v) is 8.62. The summed E-state index contributed by atoms with van der Waals surface area (Å²) in [5.41, 5.74) is 1.01. The standard InChI is InChI=1S/C13H10Cl2N2O2.C7H5NO/c1-18-7-10(14)9-4-2-3-5-11(9)19-13-6-12(15)16-8-17-13;8-5-6-3-1-2-4-7(6)9/h2-8H,1H3;1-4,9H/b10-7+;. The molecule has 0 bridgehead atoms. The fourth-order valence-electron chi connectivity index (χ4n) is 1.97. The van der Waals surface area contributed by atoms with Gasteiger partial charge in [0.25, 0.3) is 0 Å². The van der Waals surface area contributed by atoms with Crippen molar-refractivity contribution in [2.45, 2.75) is 0 Å². The number of ether oxygens (including phenoxy) is 2. The maximum absolute atomic E-state index is 8.89. The van der Waals surface area contributed by atoms with E-state index in [9.17, 15) is 0 Å². The molecule has 2 aromatic carbocycles. The number of rotatable bonds is 4. The summed E-state index contributed by atoms with van der Waals surface area (Å²) >= 11 is 11.9. The van der Waals surface area contributed by atoms with Gasteiger partial charge < -0.3 is 14.6 Å². The third kappa shape index (κ3) is 6.16. The third-order valence-electron chi connectivity index (χ3n) is 3.21. The molecule has 0 unspecified atom stereocenters. The smallest absolute Gasteiger partial charge is 0.223 e. The number of halogens is 2. The van der Waals surface area contributed by atoms with Gasteiger partial charge in [0.1, 0.15) is 35.3 Å². The normalized spacial score (nSPS) is 10.3. The predicted molar refractivity (Wildman–Crippen MR) is 107 cm³/mol. The number of hydrogen-bond acceptors (Lipinski definition) is 6. The van der Waals surface area contributed by atoms with Crippen molar-refractivity contribution in [1.29, 1.82) is 5.26 Å². The molecule has 0 radical (unpaired) electrons. The van der Waals surface area contributed by atoms with Crippen LogP contribution in [0.5, 0.6) is 17.4 Å². The Hall–Kier alpha value is -3.27. The molecule has 0 saturated carbocycles. The molecule has 0 saturated heterocycles. The van der Waals surface area contributed by atoms with Crippen LogP contribution >= 0.6 is 23.2 Å². The second-order valence-corrected chi connectivity index (χ2v) is 5.90. The van der Waals surface area contributed by atoms with E-state index in [-0.39, 0.29) is 5.75 Å². The van der Waals surface area contributed by atoms with Crippen molar-refractivity contribution in [3.05, 3.63) is 83.5 Å². The Morgan fingerprint density at radius 3 is 2.50 bits per heavy atom. The number of nitriles is 1. The van der Waals surface area contributed by atoms with Crippen LogP contribution in [0, 0.1) is 11.3 Å². The molecule has 0 spiro atoms. The summed E-state index contributed by atoms with van der Waals surface area (Å²) in [5, 5.41) is 17.9. The summed E-state index contributed by atoms with van der Waals surface area (Å²) in [6, 6.07) is 17.1. The second kappa shape index (κ2) is 10.8. The van der Waals surface area contributed by atoms with Crippen molar-refractivity contribution in [3.63, 3.8) is 0 Å². The number of methoxy groups -OCH3 is 1. The highest BCUT2D eigenvalue weighted by atomic mass is 35.5. The van der Waals surface area contributed by atoms with Crippen LogP contribution in [0.2, 0.25) is 5.15 Å². The number of aromatic nitrogens is 2. The number of aromatic hydroxyl groups is 1. The minimum atomic E-state index is 0.0417. The van der Waals surface area contributed by atoms with Gasteiger partial charge in [-0.1, -0.05) is 47.5 Å². The lowest BCUT2D eigenvalue weighted by atomic mass is 10.2. The van der Waals surface area contributed by atoms with E-state index < -0.39 is 0 Å². The summed E-state index contributed by atoms with van der Waals surface area (Å²) in [5.74, 6) is 0.935. The van der Waals surface area contributed by atoms with Gasteiger partial charge in [0.05, 0.1) is 17.7 Å². The number of hydrogen-bond donors (Lipinski definition) is 1. The Labute approximate surface area is 172 Å². The lowest BCUT2D eigenvalue weighted by Crippen LogP contribution is -1.92. The highest BCUT2D eigenvalue weighted by Crippen LogP contribution is 2.31. The Morgan fingerprint density at radius 2 is 1.86 bits per heavy atom.